The smallest absolute Gasteiger partial charge is 0.458 e. The van der Waals surface area contributed by atoms with Gasteiger partial charge in [0, 0.05) is 22.9 Å². The van der Waals surface area contributed by atoms with Crippen molar-refractivity contribution in [1.82, 2.24) is 9.97 Å². The van der Waals surface area contributed by atoms with Crippen LogP contribution in [0.5, 0.6) is 5.88 Å². The molecule has 4 aromatic rings. The number of ether oxygens (including phenoxy) is 1. The molecule has 214 valence electrons. The molecule has 7 nitrogen and oxygen atoms in total. The van der Waals surface area contributed by atoms with Crippen LogP contribution in [0.3, 0.4) is 0 Å². The monoisotopic (exact) mass is 590 g/mol. The first-order valence-electron chi connectivity index (χ1n) is 12.3. The molecule has 3 aromatic carbocycles. The van der Waals surface area contributed by atoms with Crippen LogP contribution >= 0.6 is 0 Å². The molecule has 0 saturated heterocycles. The van der Waals surface area contributed by atoms with Gasteiger partial charge in [-0.25, -0.2) is 18.1 Å². The molecule has 41 heavy (non-hydrogen) atoms. The average Bonchev–Trinajstić information content (AvgIpc) is 2.90. The molecule has 0 amide bonds. The number of halogens is 5. The van der Waals surface area contributed by atoms with Gasteiger partial charge in [0.2, 0.25) is 11.8 Å². The zero-order valence-electron chi connectivity index (χ0n) is 21.6. The summed E-state index contributed by atoms with van der Waals surface area (Å²) in [5, 5.41) is 3.04. The Labute approximate surface area is 232 Å². The minimum absolute atomic E-state index is 0.00992. The molecule has 1 aliphatic rings. The van der Waals surface area contributed by atoms with Crippen molar-refractivity contribution >= 4 is 21.7 Å². The van der Waals surface area contributed by atoms with Crippen molar-refractivity contribution < 1.29 is 35.1 Å². The molecule has 4 bridgehead atoms. The van der Waals surface area contributed by atoms with Crippen molar-refractivity contribution in [3.05, 3.63) is 95.1 Å². The maximum atomic E-state index is 13.9. The van der Waals surface area contributed by atoms with Crippen molar-refractivity contribution in [2.45, 2.75) is 36.9 Å². The van der Waals surface area contributed by atoms with Crippen LogP contribution in [0.4, 0.5) is 33.6 Å². The number of rotatable bonds is 3. The van der Waals surface area contributed by atoms with Crippen LogP contribution in [0.2, 0.25) is 0 Å². The van der Waals surface area contributed by atoms with E-state index in [2.05, 4.69) is 20.0 Å². The van der Waals surface area contributed by atoms with Crippen LogP contribution < -0.4 is 14.8 Å². The largest absolute Gasteiger partial charge is 0.467 e. The summed E-state index contributed by atoms with van der Waals surface area (Å²) in [6.45, 7) is 3.72. The van der Waals surface area contributed by atoms with E-state index >= 15 is 0 Å². The van der Waals surface area contributed by atoms with Crippen molar-refractivity contribution in [2.75, 3.05) is 16.6 Å². The topological polar surface area (TPSA) is 93.2 Å². The fourth-order valence-corrected chi connectivity index (χ4v) is 5.47. The number of aryl methyl sites for hydroxylation is 2. The number of hydrogen-bond donors (Lipinski definition) is 2. The molecule has 0 aliphatic carbocycles. The molecule has 2 N–H and O–H groups in total. The third-order valence-electron chi connectivity index (χ3n) is 6.57. The zero-order valence-corrected chi connectivity index (χ0v) is 22.4. The van der Waals surface area contributed by atoms with Crippen molar-refractivity contribution in [3.8, 4) is 17.1 Å². The van der Waals surface area contributed by atoms with Gasteiger partial charge < -0.3 is 10.1 Å². The number of alkyl halides is 5. The van der Waals surface area contributed by atoms with Crippen LogP contribution in [0.15, 0.2) is 77.7 Å². The molecule has 5 rings (SSSR count). The van der Waals surface area contributed by atoms with Crippen LogP contribution in [0.25, 0.3) is 11.3 Å². The second-order valence-electron chi connectivity index (χ2n) is 9.50. The van der Waals surface area contributed by atoms with Gasteiger partial charge in [0.15, 0.2) is 0 Å². The number of sulfonamides is 1. The number of nitrogens with zero attached hydrogens (tertiary/aromatic N) is 2. The molecule has 1 unspecified atom stereocenters. The van der Waals surface area contributed by atoms with Gasteiger partial charge in [-0.05, 0) is 48.7 Å². The molecule has 2 heterocycles. The van der Waals surface area contributed by atoms with Gasteiger partial charge in [-0.15, -0.1) is 0 Å². The van der Waals surface area contributed by atoms with E-state index in [9.17, 15) is 30.4 Å². The zero-order chi connectivity index (χ0) is 29.6. The minimum Gasteiger partial charge on any atom is -0.467 e. The van der Waals surface area contributed by atoms with E-state index in [0.29, 0.717) is 23.5 Å². The summed E-state index contributed by atoms with van der Waals surface area (Å²) in [7, 11) is -4.10. The van der Waals surface area contributed by atoms with Crippen LogP contribution in [-0.4, -0.2) is 31.1 Å². The van der Waals surface area contributed by atoms with E-state index < -0.39 is 33.8 Å². The predicted molar refractivity (Wildman–Crippen MR) is 142 cm³/mol. The number of aromatic nitrogens is 2. The summed E-state index contributed by atoms with van der Waals surface area (Å²) in [6, 6.07) is 16.7. The van der Waals surface area contributed by atoms with E-state index in [0.717, 1.165) is 28.8 Å². The summed E-state index contributed by atoms with van der Waals surface area (Å²) in [5.41, 5.74) is 2.28. The van der Waals surface area contributed by atoms with Crippen LogP contribution in [0.1, 0.15) is 28.4 Å². The Morgan fingerprint density at radius 1 is 0.878 bits per heavy atom. The van der Waals surface area contributed by atoms with Gasteiger partial charge in [0.25, 0.3) is 10.0 Å². The van der Waals surface area contributed by atoms with E-state index in [1.807, 2.05) is 32.0 Å². The van der Waals surface area contributed by atoms with E-state index in [1.54, 1.807) is 6.07 Å². The number of fused-ring (bicyclic) bond motifs is 4. The third kappa shape index (κ3) is 5.67. The van der Waals surface area contributed by atoms with Gasteiger partial charge in [-0.2, -0.15) is 26.9 Å². The summed E-state index contributed by atoms with van der Waals surface area (Å²) in [4.78, 5) is 8.60. The highest BCUT2D eigenvalue weighted by Crippen LogP contribution is 2.44. The number of benzene rings is 3. The summed E-state index contributed by atoms with van der Waals surface area (Å²) < 4.78 is 101. The Morgan fingerprint density at radius 2 is 1.54 bits per heavy atom. The second kappa shape index (κ2) is 10.3. The maximum Gasteiger partial charge on any atom is 0.458 e. The van der Waals surface area contributed by atoms with Crippen molar-refractivity contribution in [1.29, 1.82) is 0 Å². The molecular weight excluding hydrogens is 567 g/mol. The molecule has 0 fully saturated rings. The Morgan fingerprint density at radius 3 is 2.20 bits per heavy atom. The quantitative estimate of drug-likeness (QED) is 0.256. The van der Waals surface area contributed by atoms with Crippen LogP contribution in [0, 0.1) is 13.8 Å². The Bertz CT molecular complexity index is 1690. The number of anilines is 2. The van der Waals surface area contributed by atoms with E-state index in [1.165, 1.54) is 24.3 Å². The first kappa shape index (κ1) is 28.3. The molecular formula is C28H23F5N4O3S. The molecule has 0 saturated carbocycles. The van der Waals surface area contributed by atoms with Gasteiger partial charge in [-0.1, -0.05) is 48.5 Å². The second-order valence-corrected chi connectivity index (χ2v) is 11.2. The lowest BCUT2D eigenvalue weighted by molar-refractivity contribution is -0.289. The molecule has 0 radical (unpaired) electrons. The number of hydrogen-bond acceptors (Lipinski definition) is 6. The first-order valence-corrected chi connectivity index (χ1v) is 13.8. The van der Waals surface area contributed by atoms with E-state index in [-0.39, 0.29) is 28.8 Å². The van der Waals surface area contributed by atoms with Crippen LogP contribution in [-0.2, 0) is 15.9 Å². The maximum absolute atomic E-state index is 13.9. The normalized spacial score (nSPS) is 16.8. The van der Waals surface area contributed by atoms with Gasteiger partial charge in [0.1, 0.15) is 6.10 Å². The molecule has 0 spiro atoms. The standard InChI is InChI=1S/C28H23F5N4O3S/c1-16-5-3-6-17(2)25(16)22-14-24-36-26(35-22)37-41(38,39)21-8-4-7-20(13-21)34-15-23(40-24)18-9-11-19(12-10-18)27(29,30)28(31,32)33/h3-14,23,34H,15H2,1-2H3,(H,35,36,37). The molecule has 13 heteroatoms. The predicted octanol–water partition coefficient (Wildman–Crippen LogP) is 6.76. The molecule has 1 atom stereocenters. The van der Waals surface area contributed by atoms with E-state index in [4.69, 9.17) is 4.74 Å². The Kier molecular flexibility index (Phi) is 7.10. The molecule has 1 aliphatic heterocycles. The Balaban J connectivity index is 1.62. The van der Waals surface area contributed by atoms with Crippen molar-refractivity contribution in [3.63, 3.8) is 0 Å². The van der Waals surface area contributed by atoms with Gasteiger partial charge >= 0.3 is 12.1 Å². The summed E-state index contributed by atoms with van der Waals surface area (Å²) in [6.07, 6.45) is -6.68. The van der Waals surface area contributed by atoms with Gasteiger partial charge in [0.05, 0.1) is 17.1 Å². The Hall–Kier alpha value is -4.26. The van der Waals surface area contributed by atoms with Gasteiger partial charge in [-0.3, -0.25) is 0 Å². The summed E-state index contributed by atoms with van der Waals surface area (Å²) >= 11 is 0. The first-order chi connectivity index (χ1) is 19.2. The fourth-order valence-electron chi connectivity index (χ4n) is 4.48. The highest BCUT2D eigenvalue weighted by atomic mass is 32.2. The highest BCUT2D eigenvalue weighted by Gasteiger charge is 2.58. The SMILES string of the molecule is Cc1cccc(C)c1-c1cc2nc(n1)NS(=O)(=O)c1cccc(c1)NCC(c1ccc(C(F)(F)C(F)(F)F)cc1)O2. The fraction of sp³-hybridized carbons (Fsp3) is 0.214. The highest BCUT2D eigenvalue weighted by molar-refractivity contribution is 7.92. The lowest BCUT2D eigenvalue weighted by Gasteiger charge is -2.24. The average molecular weight is 591 g/mol. The molecule has 1 aromatic heterocycles. The summed E-state index contributed by atoms with van der Waals surface area (Å²) in [5.74, 6) is -5.34. The number of nitrogens with one attached hydrogen (secondary N) is 2. The lowest BCUT2D eigenvalue weighted by Crippen LogP contribution is -2.33. The minimum atomic E-state index is -5.75. The van der Waals surface area contributed by atoms with Crippen molar-refractivity contribution in [2.24, 2.45) is 0 Å². The lowest BCUT2D eigenvalue weighted by atomic mass is 10.00. The third-order valence-corrected chi connectivity index (χ3v) is 7.89.